The van der Waals surface area contributed by atoms with E-state index in [1.54, 1.807) is 11.0 Å². The molecule has 0 aliphatic carbocycles. The summed E-state index contributed by atoms with van der Waals surface area (Å²) < 4.78 is 0. The maximum atomic E-state index is 12.3. The molecule has 6 heteroatoms. The summed E-state index contributed by atoms with van der Waals surface area (Å²) in [5.41, 5.74) is 0.860. The summed E-state index contributed by atoms with van der Waals surface area (Å²) in [5.74, 6) is -0.535. The molecule has 114 valence electrons. The van der Waals surface area contributed by atoms with Gasteiger partial charge in [0.05, 0.1) is 4.91 Å². The van der Waals surface area contributed by atoms with Gasteiger partial charge in [-0.25, -0.2) is 0 Å². The largest absolute Gasteiger partial charge is 0.341 e. The molecule has 0 saturated carbocycles. The maximum absolute atomic E-state index is 12.3. The molecule has 0 aromatic heterocycles. The fraction of sp³-hybridized carbons (Fsp3) is 0.312. The van der Waals surface area contributed by atoms with E-state index in [9.17, 15) is 14.4 Å². The fourth-order valence-corrected chi connectivity index (χ4v) is 3.38. The molecule has 2 aliphatic rings. The van der Waals surface area contributed by atoms with E-state index in [1.807, 2.05) is 30.3 Å². The van der Waals surface area contributed by atoms with Crippen molar-refractivity contribution in [3.63, 3.8) is 0 Å². The monoisotopic (exact) mass is 316 g/mol. The minimum atomic E-state index is -0.383. The number of hydrogen-bond donors (Lipinski definition) is 0. The van der Waals surface area contributed by atoms with Crippen molar-refractivity contribution in [2.75, 3.05) is 19.6 Å². The second-order valence-electron chi connectivity index (χ2n) is 5.27. The number of thioether (sulfide) groups is 1. The van der Waals surface area contributed by atoms with E-state index in [0.29, 0.717) is 4.91 Å². The molecule has 0 N–H and O–H groups in total. The number of carbonyl (C=O) groups excluding carboxylic acids is 3. The average Bonchev–Trinajstić information content (AvgIpc) is 3.13. The van der Waals surface area contributed by atoms with Crippen molar-refractivity contribution in [2.45, 2.75) is 12.8 Å². The van der Waals surface area contributed by atoms with Crippen LogP contribution in [-0.4, -0.2) is 46.5 Å². The van der Waals surface area contributed by atoms with Crippen LogP contribution in [0.15, 0.2) is 35.2 Å². The molecule has 2 fully saturated rings. The van der Waals surface area contributed by atoms with Crippen molar-refractivity contribution < 1.29 is 14.4 Å². The number of nitrogens with zero attached hydrogens (tertiary/aromatic N) is 2. The minimum absolute atomic E-state index is 0.152. The van der Waals surface area contributed by atoms with Gasteiger partial charge in [0.25, 0.3) is 11.1 Å². The SMILES string of the molecule is O=C(CN1C(=O)S/C(=C\c2ccccc2)C1=O)N1CCCC1. The molecule has 2 saturated heterocycles. The molecular formula is C16H16N2O3S. The zero-order chi connectivity index (χ0) is 15.5. The van der Waals surface area contributed by atoms with Gasteiger partial charge in [-0.05, 0) is 36.2 Å². The molecule has 2 heterocycles. The van der Waals surface area contributed by atoms with Crippen molar-refractivity contribution in [3.8, 4) is 0 Å². The van der Waals surface area contributed by atoms with Crippen molar-refractivity contribution in [3.05, 3.63) is 40.8 Å². The van der Waals surface area contributed by atoms with E-state index in [-0.39, 0.29) is 23.6 Å². The Morgan fingerprint density at radius 1 is 1.14 bits per heavy atom. The lowest BCUT2D eigenvalue weighted by Gasteiger charge is -2.18. The Morgan fingerprint density at radius 3 is 2.50 bits per heavy atom. The maximum Gasteiger partial charge on any atom is 0.294 e. The summed E-state index contributed by atoms with van der Waals surface area (Å²) >= 11 is 0.889. The Hall–Kier alpha value is -2.08. The van der Waals surface area contributed by atoms with Crippen LogP contribution in [0.4, 0.5) is 4.79 Å². The Morgan fingerprint density at radius 2 is 1.82 bits per heavy atom. The number of likely N-dealkylation sites (tertiary alicyclic amines) is 1. The number of benzene rings is 1. The molecule has 0 spiro atoms. The van der Waals surface area contributed by atoms with Crippen LogP contribution in [0.3, 0.4) is 0 Å². The first kappa shape index (κ1) is 14.8. The van der Waals surface area contributed by atoms with Gasteiger partial charge in [0, 0.05) is 13.1 Å². The van der Waals surface area contributed by atoms with Gasteiger partial charge in [-0.2, -0.15) is 0 Å². The number of imide groups is 1. The third-order valence-electron chi connectivity index (χ3n) is 3.72. The number of hydrogen-bond acceptors (Lipinski definition) is 4. The highest BCUT2D eigenvalue weighted by Crippen LogP contribution is 2.32. The molecular weight excluding hydrogens is 300 g/mol. The average molecular weight is 316 g/mol. The van der Waals surface area contributed by atoms with Gasteiger partial charge >= 0.3 is 0 Å². The third-order valence-corrected chi connectivity index (χ3v) is 4.63. The molecule has 0 radical (unpaired) electrons. The predicted octanol–water partition coefficient (Wildman–Crippen LogP) is 2.35. The third kappa shape index (κ3) is 3.06. The normalized spacial score (nSPS) is 20.3. The van der Waals surface area contributed by atoms with Crippen LogP contribution in [0.5, 0.6) is 0 Å². The van der Waals surface area contributed by atoms with Gasteiger partial charge in [-0.1, -0.05) is 30.3 Å². The number of amides is 3. The number of rotatable bonds is 3. The summed E-state index contributed by atoms with van der Waals surface area (Å²) in [7, 11) is 0. The molecule has 5 nitrogen and oxygen atoms in total. The topological polar surface area (TPSA) is 57.7 Å². The van der Waals surface area contributed by atoms with Gasteiger partial charge in [0.1, 0.15) is 6.54 Å². The van der Waals surface area contributed by atoms with Crippen LogP contribution in [-0.2, 0) is 9.59 Å². The second-order valence-corrected chi connectivity index (χ2v) is 6.26. The van der Waals surface area contributed by atoms with E-state index in [2.05, 4.69) is 0 Å². The van der Waals surface area contributed by atoms with Crippen LogP contribution in [0.2, 0.25) is 0 Å². The highest BCUT2D eigenvalue weighted by atomic mass is 32.2. The van der Waals surface area contributed by atoms with Crippen molar-refractivity contribution in [1.82, 2.24) is 9.80 Å². The first-order valence-corrected chi connectivity index (χ1v) is 8.05. The van der Waals surface area contributed by atoms with Crippen molar-refractivity contribution in [2.24, 2.45) is 0 Å². The van der Waals surface area contributed by atoms with Gasteiger partial charge in [-0.3, -0.25) is 19.3 Å². The van der Waals surface area contributed by atoms with E-state index in [4.69, 9.17) is 0 Å². The molecule has 3 rings (SSSR count). The van der Waals surface area contributed by atoms with E-state index >= 15 is 0 Å². The smallest absolute Gasteiger partial charge is 0.294 e. The molecule has 2 aliphatic heterocycles. The quantitative estimate of drug-likeness (QED) is 0.803. The molecule has 1 aromatic rings. The second kappa shape index (κ2) is 6.36. The summed E-state index contributed by atoms with van der Waals surface area (Å²) in [4.78, 5) is 39.5. The predicted molar refractivity (Wildman–Crippen MR) is 84.9 cm³/mol. The lowest BCUT2D eigenvalue weighted by Crippen LogP contribution is -2.40. The van der Waals surface area contributed by atoms with Crippen molar-refractivity contribution >= 4 is 34.9 Å². The highest BCUT2D eigenvalue weighted by molar-refractivity contribution is 8.18. The summed E-state index contributed by atoms with van der Waals surface area (Å²) in [6, 6.07) is 9.35. The van der Waals surface area contributed by atoms with Gasteiger partial charge in [0.2, 0.25) is 5.91 Å². The zero-order valence-electron chi connectivity index (χ0n) is 12.0. The van der Waals surface area contributed by atoms with Crippen LogP contribution >= 0.6 is 11.8 Å². The highest BCUT2D eigenvalue weighted by Gasteiger charge is 2.37. The summed E-state index contributed by atoms with van der Waals surface area (Å²) in [6.45, 7) is 1.28. The molecule has 3 amide bonds. The molecule has 0 bridgehead atoms. The van der Waals surface area contributed by atoms with Gasteiger partial charge in [-0.15, -0.1) is 0 Å². The van der Waals surface area contributed by atoms with E-state index in [1.165, 1.54) is 0 Å². The Kier molecular flexibility index (Phi) is 4.29. The molecule has 0 atom stereocenters. The fourth-order valence-electron chi connectivity index (χ4n) is 2.54. The zero-order valence-corrected chi connectivity index (χ0v) is 12.8. The van der Waals surface area contributed by atoms with E-state index in [0.717, 1.165) is 48.2 Å². The van der Waals surface area contributed by atoms with Crippen LogP contribution < -0.4 is 0 Å². The molecule has 1 aromatic carbocycles. The Labute approximate surface area is 133 Å². The van der Waals surface area contributed by atoms with Crippen molar-refractivity contribution in [1.29, 1.82) is 0 Å². The molecule has 0 unspecified atom stereocenters. The summed E-state index contributed by atoms with van der Waals surface area (Å²) in [6.07, 6.45) is 3.66. The van der Waals surface area contributed by atoms with Crippen LogP contribution in [0, 0.1) is 0 Å². The van der Waals surface area contributed by atoms with Crippen LogP contribution in [0.1, 0.15) is 18.4 Å². The minimum Gasteiger partial charge on any atom is -0.341 e. The standard InChI is InChI=1S/C16H16N2O3S/c19-14(17-8-4-5-9-17)11-18-15(20)13(22-16(18)21)10-12-6-2-1-3-7-12/h1-3,6-7,10H,4-5,8-9,11H2/b13-10-. The van der Waals surface area contributed by atoms with Gasteiger partial charge < -0.3 is 4.90 Å². The lowest BCUT2D eigenvalue weighted by atomic mass is 10.2. The first-order valence-electron chi connectivity index (χ1n) is 7.23. The van der Waals surface area contributed by atoms with E-state index < -0.39 is 0 Å². The first-order chi connectivity index (χ1) is 10.6. The van der Waals surface area contributed by atoms with Crippen LogP contribution in [0.25, 0.3) is 6.08 Å². The summed E-state index contributed by atoms with van der Waals surface area (Å²) in [5, 5.41) is -0.375. The Bertz CT molecular complexity index is 636. The van der Waals surface area contributed by atoms with Gasteiger partial charge in [0.15, 0.2) is 0 Å². The number of carbonyl (C=O) groups is 3. The Balaban J connectivity index is 1.71. The molecule has 22 heavy (non-hydrogen) atoms. The lowest BCUT2D eigenvalue weighted by molar-refractivity contribution is -0.135.